The Bertz CT molecular complexity index is 1510. The van der Waals surface area contributed by atoms with Gasteiger partial charge in [-0.05, 0) is 41.8 Å². The van der Waals surface area contributed by atoms with Crippen LogP contribution in [0.2, 0.25) is 0 Å². The summed E-state index contributed by atoms with van der Waals surface area (Å²) in [5, 5.41) is 12.1. The summed E-state index contributed by atoms with van der Waals surface area (Å²) in [7, 11) is 0. The zero-order valence-electron chi connectivity index (χ0n) is 15.5. The largest absolute Gasteiger partial charge is 0.277 e. The van der Waals surface area contributed by atoms with Crippen LogP contribution in [0.1, 0.15) is 0 Å². The van der Waals surface area contributed by atoms with Crippen LogP contribution in [0.5, 0.6) is 0 Å². The van der Waals surface area contributed by atoms with Gasteiger partial charge in [-0.25, -0.2) is 4.98 Å². The Labute approximate surface area is 166 Å². The number of hydrogen-bond acceptors (Lipinski definition) is 3. The first-order chi connectivity index (χ1) is 14.3. The fourth-order valence-corrected chi connectivity index (χ4v) is 3.86. The van der Waals surface area contributed by atoms with Gasteiger partial charge in [-0.2, -0.15) is 5.10 Å². The van der Waals surface area contributed by atoms with E-state index in [1.807, 2.05) is 36.7 Å². The third-order valence-electron chi connectivity index (χ3n) is 5.37. The van der Waals surface area contributed by atoms with Crippen molar-refractivity contribution in [1.82, 2.24) is 20.2 Å². The molecule has 0 bridgehead atoms. The van der Waals surface area contributed by atoms with Crippen LogP contribution in [-0.4, -0.2) is 20.2 Å². The molecular weight excluding hydrogens is 356 g/mol. The van der Waals surface area contributed by atoms with Gasteiger partial charge >= 0.3 is 0 Å². The molecule has 0 aliphatic rings. The van der Waals surface area contributed by atoms with Crippen LogP contribution in [0.15, 0.2) is 91.3 Å². The van der Waals surface area contributed by atoms with Gasteiger partial charge in [0.05, 0.1) is 22.4 Å². The molecule has 0 unspecified atom stereocenters. The summed E-state index contributed by atoms with van der Waals surface area (Å²) < 4.78 is 0. The molecule has 0 aliphatic heterocycles. The third-order valence-corrected chi connectivity index (χ3v) is 5.37. The first-order valence-electron chi connectivity index (χ1n) is 9.54. The van der Waals surface area contributed by atoms with Crippen molar-refractivity contribution in [3.05, 3.63) is 91.3 Å². The Hall–Kier alpha value is -4.05. The van der Waals surface area contributed by atoms with Crippen LogP contribution in [-0.2, 0) is 0 Å². The van der Waals surface area contributed by atoms with Crippen LogP contribution < -0.4 is 0 Å². The highest BCUT2D eigenvalue weighted by Crippen LogP contribution is 2.30. The predicted octanol–water partition coefficient (Wildman–Crippen LogP) is 5.99. The SMILES string of the molecule is c1ccc2c(-c3ccc4nc(-c5ccc6ccncc6c5)ccc4c3)n[nH]c2c1. The Morgan fingerprint density at radius 1 is 0.690 bits per heavy atom. The molecule has 0 aliphatic carbocycles. The molecule has 136 valence electrons. The standard InChI is InChI=1S/C25H16N4/c1-2-4-24-21(3-1)25(29-28-24)19-8-10-23-18(13-19)7-9-22(27-23)17-6-5-16-11-12-26-15-20(16)14-17/h1-15H,(H,28,29). The maximum absolute atomic E-state index is 4.89. The van der Waals surface area contributed by atoms with Gasteiger partial charge < -0.3 is 0 Å². The summed E-state index contributed by atoms with van der Waals surface area (Å²) in [4.78, 5) is 9.11. The highest BCUT2D eigenvalue weighted by atomic mass is 15.1. The third kappa shape index (κ3) is 2.65. The van der Waals surface area contributed by atoms with E-state index < -0.39 is 0 Å². The van der Waals surface area contributed by atoms with Crippen molar-refractivity contribution in [1.29, 1.82) is 0 Å². The van der Waals surface area contributed by atoms with E-state index in [0.717, 1.165) is 49.7 Å². The second-order valence-electron chi connectivity index (χ2n) is 7.16. The number of rotatable bonds is 2. The fraction of sp³-hybridized carbons (Fsp3) is 0. The highest BCUT2D eigenvalue weighted by Gasteiger charge is 2.09. The van der Waals surface area contributed by atoms with E-state index in [2.05, 4.69) is 69.8 Å². The molecule has 0 amide bonds. The predicted molar refractivity (Wildman–Crippen MR) is 118 cm³/mol. The first kappa shape index (κ1) is 16.0. The lowest BCUT2D eigenvalue weighted by Gasteiger charge is -2.06. The van der Waals surface area contributed by atoms with Crippen LogP contribution >= 0.6 is 0 Å². The summed E-state index contributed by atoms with van der Waals surface area (Å²) in [6.45, 7) is 0. The molecule has 0 atom stereocenters. The van der Waals surface area contributed by atoms with E-state index in [0.29, 0.717) is 0 Å². The van der Waals surface area contributed by atoms with Gasteiger partial charge in [-0.1, -0.05) is 42.5 Å². The van der Waals surface area contributed by atoms with Crippen molar-refractivity contribution >= 4 is 32.6 Å². The quantitative estimate of drug-likeness (QED) is 0.406. The molecule has 6 aromatic rings. The Balaban J connectivity index is 1.44. The maximum Gasteiger partial charge on any atom is 0.0999 e. The lowest BCUT2D eigenvalue weighted by atomic mass is 10.0. The van der Waals surface area contributed by atoms with Crippen LogP contribution in [0.25, 0.3) is 55.1 Å². The van der Waals surface area contributed by atoms with Gasteiger partial charge in [0.1, 0.15) is 0 Å². The molecule has 3 aromatic heterocycles. The van der Waals surface area contributed by atoms with Crippen molar-refractivity contribution in [2.24, 2.45) is 0 Å². The number of nitrogens with zero attached hydrogens (tertiary/aromatic N) is 3. The van der Waals surface area contributed by atoms with Gasteiger partial charge in [0, 0.05) is 39.7 Å². The molecule has 29 heavy (non-hydrogen) atoms. The molecule has 0 saturated heterocycles. The van der Waals surface area contributed by atoms with Gasteiger partial charge in [-0.15, -0.1) is 0 Å². The van der Waals surface area contributed by atoms with Crippen LogP contribution in [0.3, 0.4) is 0 Å². The van der Waals surface area contributed by atoms with E-state index in [1.54, 1.807) is 0 Å². The number of hydrogen-bond donors (Lipinski definition) is 1. The van der Waals surface area contributed by atoms with Crippen molar-refractivity contribution < 1.29 is 0 Å². The second-order valence-corrected chi connectivity index (χ2v) is 7.16. The number of aromatic amines is 1. The molecule has 0 saturated carbocycles. The van der Waals surface area contributed by atoms with Crippen LogP contribution in [0, 0.1) is 0 Å². The van der Waals surface area contributed by atoms with E-state index in [1.165, 1.54) is 5.39 Å². The minimum absolute atomic E-state index is 0.959. The zero-order chi connectivity index (χ0) is 19.2. The van der Waals surface area contributed by atoms with Gasteiger partial charge in [-0.3, -0.25) is 10.1 Å². The fourth-order valence-electron chi connectivity index (χ4n) is 3.86. The number of fused-ring (bicyclic) bond motifs is 3. The minimum Gasteiger partial charge on any atom is -0.277 e. The smallest absolute Gasteiger partial charge is 0.0999 e. The van der Waals surface area contributed by atoms with Gasteiger partial charge in [0.2, 0.25) is 0 Å². The molecule has 3 aromatic carbocycles. The zero-order valence-corrected chi connectivity index (χ0v) is 15.5. The molecule has 6 rings (SSSR count). The monoisotopic (exact) mass is 372 g/mol. The number of nitrogens with one attached hydrogen (secondary N) is 1. The molecule has 0 radical (unpaired) electrons. The Morgan fingerprint density at radius 3 is 2.55 bits per heavy atom. The lowest BCUT2D eigenvalue weighted by molar-refractivity contribution is 1.12. The summed E-state index contributed by atoms with van der Waals surface area (Å²) in [6.07, 6.45) is 3.71. The van der Waals surface area contributed by atoms with Gasteiger partial charge in [0.25, 0.3) is 0 Å². The van der Waals surface area contributed by atoms with Crippen LogP contribution in [0.4, 0.5) is 0 Å². The number of pyridine rings is 2. The van der Waals surface area contributed by atoms with E-state index in [9.17, 15) is 0 Å². The molecule has 0 spiro atoms. The summed E-state index contributed by atoms with van der Waals surface area (Å²) in [6, 6.07) is 27.1. The van der Waals surface area contributed by atoms with Gasteiger partial charge in [0.15, 0.2) is 0 Å². The lowest BCUT2D eigenvalue weighted by Crippen LogP contribution is -1.87. The number of para-hydroxylation sites is 1. The average molecular weight is 372 g/mol. The van der Waals surface area contributed by atoms with Crippen molar-refractivity contribution in [3.8, 4) is 22.5 Å². The minimum atomic E-state index is 0.959. The summed E-state index contributed by atoms with van der Waals surface area (Å²) in [5.41, 5.74) is 6.12. The molecule has 4 nitrogen and oxygen atoms in total. The second kappa shape index (κ2) is 6.24. The molecule has 3 heterocycles. The van der Waals surface area contributed by atoms with Crippen molar-refractivity contribution in [2.45, 2.75) is 0 Å². The Morgan fingerprint density at radius 2 is 1.55 bits per heavy atom. The topological polar surface area (TPSA) is 54.5 Å². The molecule has 0 fully saturated rings. The van der Waals surface area contributed by atoms with E-state index in [-0.39, 0.29) is 0 Å². The molecule has 1 N–H and O–H groups in total. The number of H-pyrrole nitrogens is 1. The maximum atomic E-state index is 4.89. The average Bonchev–Trinajstić information content (AvgIpc) is 3.22. The summed E-state index contributed by atoms with van der Waals surface area (Å²) >= 11 is 0. The molecular formula is C25H16N4. The molecule has 4 heteroatoms. The summed E-state index contributed by atoms with van der Waals surface area (Å²) in [5.74, 6) is 0. The highest BCUT2D eigenvalue weighted by molar-refractivity contribution is 5.96. The first-order valence-corrected chi connectivity index (χ1v) is 9.54. The van der Waals surface area contributed by atoms with Crippen molar-refractivity contribution in [2.75, 3.05) is 0 Å². The van der Waals surface area contributed by atoms with Crippen molar-refractivity contribution in [3.63, 3.8) is 0 Å². The number of aromatic nitrogens is 4. The van der Waals surface area contributed by atoms with E-state index >= 15 is 0 Å². The number of benzene rings is 3. The Kier molecular flexibility index (Phi) is 3.43. The van der Waals surface area contributed by atoms with E-state index in [4.69, 9.17) is 4.98 Å². The normalized spacial score (nSPS) is 11.4.